The van der Waals surface area contributed by atoms with Gasteiger partial charge in [0.15, 0.2) is 0 Å². The van der Waals surface area contributed by atoms with E-state index >= 15 is 0 Å². The average Bonchev–Trinajstić information content (AvgIpc) is 2.41. The van der Waals surface area contributed by atoms with Gasteiger partial charge in [0.25, 0.3) is 5.91 Å². The molecule has 1 aromatic rings. The molecule has 4 N–H and O–H groups in total. The molecule has 0 radical (unpaired) electrons. The summed E-state index contributed by atoms with van der Waals surface area (Å²) in [6.07, 6.45) is 2.29. The third kappa shape index (κ3) is 3.85. The van der Waals surface area contributed by atoms with Crippen LogP contribution in [0, 0.1) is 0 Å². The van der Waals surface area contributed by atoms with Crippen molar-refractivity contribution in [2.24, 2.45) is 0 Å². The number of nitrogens with one attached hydrogen (secondary N) is 1. The van der Waals surface area contributed by atoms with Gasteiger partial charge in [-0.15, -0.1) is 0 Å². The number of benzene rings is 1. The number of hydrogen-bond donors (Lipinski definition) is 3. The second kappa shape index (κ2) is 5.90. The molecule has 1 aliphatic heterocycles. The van der Waals surface area contributed by atoms with Crippen LogP contribution in [0.1, 0.15) is 23.2 Å². The van der Waals surface area contributed by atoms with E-state index in [9.17, 15) is 18.3 Å². The first kappa shape index (κ1) is 15.6. The first-order valence-corrected chi connectivity index (χ1v) is 8.46. The third-order valence-corrected chi connectivity index (χ3v) is 4.84. The van der Waals surface area contributed by atoms with Crippen molar-refractivity contribution in [2.45, 2.75) is 18.9 Å². The molecular weight excluding hydrogens is 294 g/mol. The molecule has 1 heterocycles. The lowest BCUT2D eigenvalue weighted by molar-refractivity contribution is 0.0924. The Bertz CT molecular complexity index is 637. The lowest BCUT2D eigenvalue weighted by Crippen LogP contribution is -2.46. The first-order valence-electron chi connectivity index (χ1n) is 6.62. The number of aromatic hydroxyl groups is 1. The minimum Gasteiger partial charge on any atom is -0.508 e. The number of nitrogen functional groups attached to an aromatic ring is 1. The Hall–Kier alpha value is -1.80. The molecule has 1 fully saturated rings. The summed E-state index contributed by atoms with van der Waals surface area (Å²) >= 11 is 0. The summed E-state index contributed by atoms with van der Waals surface area (Å²) in [5.74, 6) is -0.387. The van der Waals surface area contributed by atoms with Crippen molar-refractivity contribution in [1.82, 2.24) is 9.62 Å². The van der Waals surface area contributed by atoms with Gasteiger partial charge in [0.1, 0.15) is 5.75 Å². The number of sulfonamides is 1. The summed E-state index contributed by atoms with van der Waals surface area (Å²) in [6.45, 7) is 0.776. The van der Waals surface area contributed by atoms with Gasteiger partial charge in [0, 0.05) is 24.8 Å². The van der Waals surface area contributed by atoms with Crippen LogP contribution >= 0.6 is 0 Å². The Morgan fingerprint density at radius 2 is 2.00 bits per heavy atom. The Balaban J connectivity index is 1.97. The summed E-state index contributed by atoms with van der Waals surface area (Å²) in [4.78, 5) is 12.1. The van der Waals surface area contributed by atoms with E-state index in [1.165, 1.54) is 28.8 Å². The van der Waals surface area contributed by atoms with E-state index in [2.05, 4.69) is 5.32 Å². The van der Waals surface area contributed by atoms with Crippen molar-refractivity contribution >= 4 is 21.6 Å². The molecule has 0 aliphatic carbocycles. The van der Waals surface area contributed by atoms with Crippen LogP contribution in [0.2, 0.25) is 0 Å². The number of phenols is 1. The van der Waals surface area contributed by atoms with E-state index in [1.807, 2.05) is 0 Å². The molecule has 0 spiro atoms. The van der Waals surface area contributed by atoms with Crippen LogP contribution in [0.15, 0.2) is 18.2 Å². The summed E-state index contributed by atoms with van der Waals surface area (Å²) in [5.41, 5.74) is 6.23. The number of amides is 1. The number of carbonyl (C=O) groups excluding carboxylic acids is 1. The van der Waals surface area contributed by atoms with Crippen molar-refractivity contribution in [2.75, 3.05) is 25.1 Å². The van der Waals surface area contributed by atoms with Gasteiger partial charge in [-0.2, -0.15) is 0 Å². The number of anilines is 1. The quantitative estimate of drug-likeness (QED) is 0.542. The molecule has 2 rings (SSSR count). The lowest BCUT2D eigenvalue weighted by atomic mass is 10.1. The minimum absolute atomic E-state index is 0.0266. The number of piperidine rings is 1. The fourth-order valence-electron chi connectivity index (χ4n) is 2.34. The molecule has 0 aromatic heterocycles. The number of rotatable bonds is 3. The molecule has 0 bridgehead atoms. The van der Waals surface area contributed by atoms with Gasteiger partial charge in [0.2, 0.25) is 10.0 Å². The topological polar surface area (TPSA) is 113 Å². The zero-order valence-electron chi connectivity index (χ0n) is 11.7. The maximum absolute atomic E-state index is 12.1. The summed E-state index contributed by atoms with van der Waals surface area (Å²) in [7, 11) is -3.17. The van der Waals surface area contributed by atoms with E-state index in [0.29, 0.717) is 31.6 Å². The highest BCUT2D eigenvalue weighted by atomic mass is 32.2. The zero-order valence-corrected chi connectivity index (χ0v) is 12.6. The SMILES string of the molecule is CS(=O)(=O)N1CCC(NC(=O)c2cc(O)ccc2N)CC1. The molecule has 21 heavy (non-hydrogen) atoms. The molecule has 1 aromatic carbocycles. The first-order chi connectivity index (χ1) is 9.77. The maximum atomic E-state index is 12.1. The molecule has 8 heteroatoms. The van der Waals surface area contributed by atoms with Crippen molar-refractivity contribution in [3.8, 4) is 5.75 Å². The Morgan fingerprint density at radius 3 is 2.57 bits per heavy atom. The molecule has 0 saturated carbocycles. The summed E-state index contributed by atoms with van der Waals surface area (Å²) in [5, 5.41) is 12.2. The Kier molecular flexibility index (Phi) is 4.38. The van der Waals surface area contributed by atoms with Crippen molar-refractivity contribution in [1.29, 1.82) is 0 Å². The number of carbonyl (C=O) groups is 1. The van der Waals surface area contributed by atoms with Gasteiger partial charge < -0.3 is 16.2 Å². The molecule has 116 valence electrons. The highest BCUT2D eigenvalue weighted by Gasteiger charge is 2.26. The molecule has 0 atom stereocenters. The van der Waals surface area contributed by atoms with Gasteiger partial charge in [-0.1, -0.05) is 0 Å². The summed E-state index contributed by atoms with van der Waals surface area (Å²) < 4.78 is 24.2. The second-order valence-electron chi connectivity index (χ2n) is 5.18. The average molecular weight is 313 g/mol. The van der Waals surface area contributed by atoms with Gasteiger partial charge in [-0.05, 0) is 31.0 Å². The van der Waals surface area contributed by atoms with Crippen LogP contribution in [0.5, 0.6) is 5.75 Å². The van der Waals surface area contributed by atoms with Gasteiger partial charge in [-0.25, -0.2) is 12.7 Å². The maximum Gasteiger partial charge on any atom is 0.253 e. The van der Waals surface area contributed by atoms with Crippen molar-refractivity contribution in [3.63, 3.8) is 0 Å². The van der Waals surface area contributed by atoms with Crippen molar-refractivity contribution in [3.05, 3.63) is 23.8 Å². The highest BCUT2D eigenvalue weighted by Crippen LogP contribution is 2.19. The van der Waals surface area contributed by atoms with E-state index in [0.717, 1.165) is 0 Å². The summed E-state index contributed by atoms with van der Waals surface area (Å²) in [6, 6.07) is 4.10. The fraction of sp³-hybridized carbons (Fsp3) is 0.462. The van der Waals surface area contributed by atoms with Crippen LogP contribution in [0.4, 0.5) is 5.69 Å². The largest absolute Gasteiger partial charge is 0.508 e. The van der Waals surface area contributed by atoms with Gasteiger partial charge >= 0.3 is 0 Å². The smallest absolute Gasteiger partial charge is 0.253 e. The Morgan fingerprint density at radius 1 is 1.38 bits per heavy atom. The number of hydrogen-bond acceptors (Lipinski definition) is 5. The van der Waals surface area contributed by atoms with Crippen LogP contribution in [0.25, 0.3) is 0 Å². The predicted octanol–water partition coefficient (Wildman–Crippen LogP) is 0.128. The monoisotopic (exact) mass is 313 g/mol. The van der Waals surface area contributed by atoms with E-state index < -0.39 is 10.0 Å². The van der Waals surface area contributed by atoms with Crippen molar-refractivity contribution < 1.29 is 18.3 Å². The minimum atomic E-state index is -3.17. The zero-order chi connectivity index (χ0) is 15.6. The number of phenolic OH excluding ortho intramolecular Hbond substituents is 1. The van der Waals surface area contributed by atoms with Crippen LogP contribution in [-0.4, -0.2) is 49.1 Å². The molecule has 0 unspecified atom stereocenters. The lowest BCUT2D eigenvalue weighted by Gasteiger charge is -2.30. The molecule has 1 amide bonds. The van der Waals surface area contributed by atoms with Crippen LogP contribution in [0.3, 0.4) is 0 Å². The second-order valence-corrected chi connectivity index (χ2v) is 7.16. The fourth-order valence-corrected chi connectivity index (χ4v) is 3.21. The van der Waals surface area contributed by atoms with E-state index in [-0.39, 0.29) is 23.3 Å². The van der Waals surface area contributed by atoms with Crippen LogP contribution < -0.4 is 11.1 Å². The standard InChI is InChI=1S/C13H19N3O4S/c1-21(19,20)16-6-4-9(5-7-16)15-13(18)11-8-10(17)2-3-12(11)14/h2-3,8-9,17H,4-7,14H2,1H3,(H,15,18). The normalized spacial score (nSPS) is 17.6. The number of nitrogens with zero attached hydrogens (tertiary/aromatic N) is 1. The molecule has 1 aliphatic rings. The van der Waals surface area contributed by atoms with Crippen LogP contribution in [-0.2, 0) is 10.0 Å². The highest BCUT2D eigenvalue weighted by molar-refractivity contribution is 7.88. The molecule has 7 nitrogen and oxygen atoms in total. The predicted molar refractivity (Wildman–Crippen MR) is 79.4 cm³/mol. The van der Waals surface area contributed by atoms with Gasteiger partial charge in [-0.3, -0.25) is 4.79 Å². The molecular formula is C13H19N3O4S. The third-order valence-electron chi connectivity index (χ3n) is 3.54. The van der Waals surface area contributed by atoms with Gasteiger partial charge in [0.05, 0.1) is 11.8 Å². The van der Waals surface area contributed by atoms with E-state index in [1.54, 1.807) is 0 Å². The molecule has 1 saturated heterocycles. The Labute approximate surface area is 123 Å². The van der Waals surface area contributed by atoms with E-state index in [4.69, 9.17) is 5.73 Å². The number of nitrogens with two attached hydrogens (primary N) is 1.